The van der Waals surface area contributed by atoms with Gasteiger partial charge in [-0.05, 0) is 38.0 Å². The van der Waals surface area contributed by atoms with E-state index in [1.54, 1.807) is 12.1 Å². The molecule has 0 radical (unpaired) electrons. The average Bonchev–Trinajstić information content (AvgIpc) is 3.21. The number of nitro benzene ring substituents is 1. The summed E-state index contributed by atoms with van der Waals surface area (Å²) in [5.74, 6) is 0.708. The van der Waals surface area contributed by atoms with Crippen LogP contribution < -0.4 is 10.1 Å². The number of hydrogen-bond acceptors (Lipinski definition) is 4. The lowest BCUT2D eigenvalue weighted by Gasteiger charge is -2.52. The highest BCUT2D eigenvalue weighted by atomic mass is 32.1. The van der Waals surface area contributed by atoms with Gasteiger partial charge in [-0.1, -0.05) is 0 Å². The van der Waals surface area contributed by atoms with Crippen molar-refractivity contribution in [3.63, 3.8) is 0 Å². The lowest BCUT2D eigenvalue weighted by molar-refractivity contribution is -0.385. The molecule has 1 aromatic rings. The van der Waals surface area contributed by atoms with Crippen molar-refractivity contribution in [1.82, 2.24) is 10.2 Å². The van der Waals surface area contributed by atoms with Crippen molar-refractivity contribution >= 4 is 23.0 Å². The quantitative estimate of drug-likeness (QED) is 0.514. The third kappa shape index (κ3) is 1.87. The first-order chi connectivity index (χ1) is 9.98. The molecule has 2 heterocycles. The van der Waals surface area contributed by atoms with Crippen LogP contribution in [0.2, 0.25) is 0 Å². The summed E-state index contributed by atoms with van der Waals surface area (Å²) in [7, 11) is 0. The molecule has 0 spiro atoms. The molecule has 110 valence electrons. The molecule has 21 heavy (non-hydrogen) atoms. The standard InChI is InChI=1S/C14H15N3O3S/c1-14-7-11(15-13(21)16(14)8-2-3-8)10-6-9(17(18)19)4-5-12(10)20-14/h4-6,8,11H,2-3,7H2,1H3,(H,15,21). The number of rotatable bonds is 2. The maximum absolute atomic E-state index is 10.9. The van der Waals surface area contributed by atoms with E-state index in [2.05, 4.69) is 17.1 Å². The molecule has 1 N–H and O–H groups in total. The van der Waals surface area contributed by atoms with Crippen molar-refractivity contribution in [2.75, 3.05) is 0 Å². The van der Waals surface area contributed by atoms with Gasteiger partial charge >= 0.3 is 0 Å². The Morgan fingerprint density at radius 2 is 2.29 bits per heavy atom. The molecule has 0 aromatic heterocycles. The Balaban J connectivity index is 1.77. The molecule has 7 heteroatoms. The topological polar surface area (TPSA) is 67.6 Å². The summed E-state index contributed by atoms with van der Waals surface area (Å²) in [6, 6.07) is 5.20. The van der Waals surface area contributed by atoms with E-state index in [9.17, 15) is 10.1 Å². The first kappa shape index (κ1) is 12.8. The zero-order chi connectivity index (χ0) is 14.8. The van der Waals surface area contributed by atoms with Crippen molar-refractivity contribution in [3.05, 3.63) is 33.9 Å². The molecule has 2 atom stereocenters. The first-order valence-electron chi connectivity index (χ1n) is 7.05. The zero-order valence-corrected chi connectivity index (χ0v) is 12.4. The summed E-state index contributed by atoms with van der Waals surface area (Å²) in [4.78, 5) is 12.7. The van der Waals surface area contributed by atoms with Crippen LogP contribution in [-0.4, -0.2) is 26.7 Å². The van der Waals surface area contributed by atoms with Crippen LogP contribution in [0.3, 0.4) is 0 Å². The van der Waals surface area contributed by atoms with Crippen LogP contribution in [0.15, 0.2) is 18.2 Å². The highest BCUT2D eigenvalue weighted by Gasteiger charge is 2.52. The van der Waals surface area contributed by atoms with Crippen molar-refractivity contribution < 1.29 is 9.66 Å². The Morgan fingerprint density at radius 3 is 2.95 bits per heavy atom. The number of hydrogen-bond donors (Lipinski definition) is 1. The Morgan fingerprint density at radius 1 is 1.52 bits per heavy atom. The second-order valence-electron chi connectivity index (χ2n) is 6.06. The van der Waals surface area contributed by atoms with Crippen molar-refractivity contribution in [2.45, 2.75) is 44.0 Å². The summed E-state index contributed by atoms with van der Waals surface area (Å²) < 4.78 is 6.19. The summed E-state index contributed by atoms with van der Waals surface area (Å²) in [5.41, 5.74) is 0.440. The third-order valence-electron chi connectivity index (χ3n) is 4.43. The molecule has 4 rings (SSSR count). The smallest absolute Gasteiger partial charge is 0.270 e. The molecule has 1 aliphatic carbocycles. The van der Waals surface area contributed by atoms with E-state index in [1.807, 2.05) is 0 Å². The van der Waals surface area contributed by atoms with Gasteiger partial charge in [0.2, 0.25) is 0 Å². The van der Waals surface area contributed by atoms with Gasteiger partial charge in [-0.25, -0.2) is 0 Å². The first-order valence-corrected chi connectivity index (χ1v) is 7.46. The highest BCUT2D eigenvalue weighted by Crippen LogP contribution is 2.48. The molecular formula is C14H15N3O3S. The molecule has 6 nitrogen and oxygen atoms in total. The molecule has 2 fully saturated rings. The minimum absolute atomic E-state index is 0.0267. The third-order valence-corrected chi connectivity index (χ3v) is 4.74. The van der Waals surface area contributed by atoms with Crippen LogP contribution in [0.25, 0.3) is 0 Å². The maximum atomic E-state index is 10.9. The molecular weight excluding hydrogens is 290 g/mol. The second kappa shape index (κ2) is 4.07. The lowest BCUT2D eigenvalue weighted by Crippen LogP contribution is -2.65. The van der Waals surface area contributed by atoms with Gasteiger partial charge in [0.25, 0.3) is 5.69 Å². The summed E-state index contributed by atoms with van der Waals surface area (Å²) in [5, 5.41) is 15.0. The van der Waals surface area contributed by atoms with Gasteiger partial charge in [0.05, 0.1) is 11.0 Å². The second-order valence-corrected chi connectivity index (χ2v) is 6.45. The van der Waals surface area contributed by atoms with E-state index in [1.165, 1.54) is 6.07 Å². The normalized spacial score (nSPS) is 30.2. The molecule has 3 aliphatic rings. The van der Waals surface area contributed by atoms with Gasteiger partial charge < -0.3 is 15.0 Å². The number of ether oxygens (including phenoxy) is 1. The van der Waals surface area contributed by atoms with E-state index >= 15 is 0 Å². The molecule has 0 amide bonds. The van der Waals surface area contributed by atoms with Crippen LogP contribution in [0.4, 0.5) is 5.69 Å². The van der Waals surface area contributed by atoms with Crippen LogP contribution in [0.1, 0.15) is 37.8 Å². The molecule has 2 unspecified atom stereocenters. The van der Waals surface area contributed by atoms with Gasteiger partial charge in [0.15, 0.2) is 10.8 Å². The van der Waals surface area contributed by atoms with Crippen molar-refractivity contribution in [2.24, 2.45) is 0 Å². The number of non-ortho nitro benzene ring substituents is 1. The lowest BCUT2D eigenvalue weighted by atomic mass is 9.90. The van der Waals surface area contributed by atoms with Gasteiger partial charge in [0.1, 0.15) is 5.75 Å². The predicted octanol–water partition coefficient (Wildman–Crippen LogP) is 2.49. The fraction of sp³-hybridized carbons (Fsp3) is 0.500. The van der Waals surface area contributed by atoms with Crippen molar-refractivity contribution in [1.29, 1.82) is 0 Å². The Hall–Kier alpha value is -1.89. The number of fused-ring (bicyclic) bond motifs is 4. The van der Waals surface area contributed by atoms with E-state index in [-0.39, 0.29) is 16.7 Å². The number of nitrogens with one attached hydrogen (secondary N) is 1. The maximum Gasteiger partial charge on any atom is 0.270 e. The summed E-state index contributed by atoms with van der Waals surface area (Å²) >= 11 is 5.48. The molecule has 1 saturated carbocycles. The number of nitro groups is 1. The summed E-state index contributed by atoms with van der Waals surface area (Å²) in [6.07, 6.45) is 3.01. The SMILES string of the molecule is CC12CC(NC(=S)N1C1CC1)c1cc([N+](=O)[O-])ccc1O2. The van der Waals surface area contributed by atoms with Gasteiger partial charge in [-0.3, -0.25) is 10.1 Å². The van der Waals surface area contributed by atoms with Crippen molar-refractivity contribution in [3.8, 4) is 5.75 Å². The average molecular weight is 305 g/mol. The number of benzene rings is 1. The highest BCUT2D eigenvalue weighted by molar-refractivity contribution is 7.80. The van der Waals surface area contributed by atoms with E-state index < -0.39 is 5.72 Å². The molecule has 2 bridgehead atoms. The fourth-order valence-corrected chi connectivity index (χ4v) is 3.86. The van der Waals surface area contributed by atoms with Crippen LogP contribution in [0, 0.1) is 10.1 Å². The minimum atomic E-state index is -0.461. The zero-order valence-electron chi connectivity index (χ0n) is 11.5. The van der Waals surface area contributed by atoms with E-state index in [0.717, 1.165) is 24.8 Å². The van der Waals surface area contributed by atoms with Gasteiger partial charge in [0, 0.05) is 30.2 Å². The van der Waals surface area contributed by atoms with Crippen LogP contribution in [0.5, 0.6) is 5.75 Å². The molecule has 1 aromatic carbocycles. The van der Waals surface area contributed by atoms with Gasteiger partial charge in [-0.15, -0.1) is 0 Å². The molecule has 2 aliphatic heterocycles. The predicted molar refractivity (Wildman–Crippen MR) is 80.1 cm³/mol. The Kier molecular flexibility index (Phi) is 2.48. The minimum Gasteiger partial charge on any atom is -0.468 e. The number of thiocarbonyl (C=S) groups is 1. The van der Waals surface area contributed by atoms with Crippen LogP contribution >= 0.6 is 12.2 Å². The monoisotopic (exact) mass is 305 g/mol. The Bertz CT molecular complexity index is 661. The fourth-order valence-electron chi connectivity index (χ4n) is 3.38. The van der Waals surface area contributed by atoms with Crippen LogP contribution in [-0.2, 0) is 0 Å². The molecule has 1 saturated heterocycles. The van der Waals surface area contributed by atoms with E-state index in [4.69, 9.17) is 17.0 Å². The Labute approximate surface area is 127 Å². The number of nitrogens with zero attached hydrogens (tertiary/aromatic N) is 2. The van der Waals surface area contributed by atoms with Gasteiger partial charge in [-0.2, -0.15) is 0 Å². The largest absolute Gasteiger partial charge is 0.468 e. The van der Waals surface area contributed by atoms with E-state index in [0.29, 0.717) is 16.9 Å². The summed E-state index contributed by atoms with van der Waals surface area (Å²) in [6.45, 7) is 2.05.